The first-order chi connectivity index (χ1) is 7.63. The Labute approximate surface area is 94.0 Å². The van der Waals surface area contributed by atoms with E-state index in [9.17, 15) is 8.78 Å². The molecule has 0 fully saturated rings. The van der Waals surface area contributed by atoms with Crippen molar-refractivity contribution in [1.82, 2.24) is 10.1 Å². The van der Waals surface area contributed by atoms with Gasteiger partial charge in [0.15, 0.2) is 5.82 Å². The summed E-state index contributed by atoms with van der Waals surface area (Å²) in [6.07, 6.45) is 0. The maximum Gasteiger partial charge on any atom is 0.240 e. The summed E-state index contributed by atoms with van der Waals surface area (Å²) in [5.74, 6) is -1.86. The molecular weight excluding hydrogens is 240 g/mol. The molecule has 0 aliphatic heterocycles. The topological polar surface area (TPSA) is 64.9 Å². The number of hydrogen-bond acceptors (Lipinski definition) is 4. The summed E-state index contributed by atoms with van der Waals surface area (Å²) in [5.41, 5.74) is 4.82. The van der Waals surface area contributed by atoms with Gasteiger partial charge >= 0.3 is 0 Å². The second-order valence-electron chi connectivity index (χ2n) is 2.93. The fourth-order valence-electron chi connectivity index (χ4n) is 1.17. The number of nitrogens with two attached hydrogens (primary N) is 1. The van der Waals surface area contributed by atoms with Crippen molar-refractivity contribution in [3.8, 4) is 11.4 Å². The van der Waals surface area contributed by atoms with Crippen LogP contribution in [-0.4, -0.2) is 10.1 Å². The predicted molar refractivity (Wildman–Crippen MR) is 52.6 cm³/mol. The van der Waals surface area contributed by atoms with Crippen LogP contribution in [0.2, 0.25) is 5.02 Å². The molecule has 2 aromatic rings. The van der Waals surface area contributed by atoms with E-state index in [0.717, 1.165) is 12.1 Å². The lowest BCUT2D eigenvalue weighted by atomic mass is 10.2. The van der Waals surface area contributed by atoms with Gasteiger partial charge < -0.3 is 10.3 Å². The monoisotopic (exact) mass is 245 g/mol. The molecule has 7 heteroatoms. The molecule has 84 valence electrons. The Balaban J connectivity index is 2.58. The number of rotatable bonds is 2. The molecule has 0 aliphatic rings. The standard InChI is InChI=1S/C9H6ClF2N3O/c10-4-1-2-5(11)7(8(4)12)9-14-6(3-13)16-15-9/h1-2H,3,13H2. The molecule has 1 aromatic heterocycles. The largest absolute Gasteiger partial charge is 0.338 e. The molecule has 1 aromatic carbocycles. The van der Waals surface area contributed by atoms with E-state index in [2.05, 4.69) is 14.7 Å². The van der Waals surface area contributed by atoms with Crippen molar-refractivity contribution in [1.29, 1.82) is 0 Å². The number of benzene rings is 1. The minimum absolute atomic E-state index is 0.00317. The third kappa shape index (κ3) is 1.77. The zero-order valence-corrected chi connectivity index (χ0v) is 8.63. The number of aromatic nitrogens is 2. The average Bonchev–Trinajstić information content (AvgIpc) is 2.73. The van der Waals surface area contributed by atoms with Crippen molar-refractivity contribution in [2.45, 2.75) is 6.54 Å². The molecule has 0 amide bonds. The maximum atomic E-state index is 13.5. The lowest BCUT2D eigenvalue weighted by Gasteiger charge is -2.00. The van der Waals surface area contributed by atoms with Crippen molar-refractivity contribution < 1.29 is 13.3 Å². The lowest BCUT2D eigenvalue weighted by molar-refractivity contribution is 0.380. The lowest BCUT2D eigenvalue weighted by Crippen LogP contribution is -1.97. The van der Waals surface area contributed by atoms with Crippen molar-refractivity contribution in [2.24, 2.45) is 5.73 Å². The van der Waals surface area contributed by atoms with Crippen LogP contribution < -0.4 is 5.73 Å². The second kappa shape index (κ2) is 4.15. The van der Waals surface area contributed by atoms with Gasteiger partial charge in [-0.05, 0) is 12.1 Å². The van der Waals surface area contributed by atoms with Crippen LogP contribution in [0.15, 0.2) is 16.7 Å². The van der Waals surface area contributed by atoms with E-state index >= 15 is 0 Å². The van der Waals surface area contributed by atoms with E-state index in [1.54, 1.807) is 0 Å². The summed E-state index contributed by atoms with van der Waals surface area (Å²) < 4.78 is 31.6. The van der Waals surface area contributed by atoms with Gasteiger partial charge in [-0.15, -0.1) is 0 Å². The van der Waals surface area contributed by atoms with Crippen LogP contribution in [0.1, 0.15) is 5.89 Å². The van der Waals surface area contributed by atoms with Gasteiger partial charge in [0.25, 0.3) is 0 Å². The maximum absolute atomic E-state index is 13.5. The molecule has 4 nitrogen and oxygen atoms in total. The van der Waals surface area contributed by atoms with Crippen molar-refractivity contribution in [3.63, 3.8) is 0 Å². The molecule has 0 atom stereocenters. The fraction of sp³-hybridized carbons (Fsp3) is 0.111. The average molecular weight is 246 g/mol. The van der Waals surface area contributed by atoms with Gasteiger partial charge in [0.05, 0.1) is 17.1 Å². The highest BCUT2D eigenvalue weighted by atomic mass is 35.5. The smallest absolute Gasteiger partial charge is 0.240 e. The molecule has 1 heterocycles. The number of halogens is 3. The summed E-state index contributed by atoms with van der Waals surface area (Å²) in [7, 11) is 0. The number of nitrogens with zero attached hydrogens (tertiary/aromatic N) is 2. The first-order valence-corrected chi connectivity index (χ1v) is 4.67. The van der Waals surface area contributed by atoms with E-state index in [-0.39, 0.29) is 23.3 Å². The van der Waals surface area contributed by atoms with E-state index in [4.69, 9.17) is 17.3 Å². The van der Waals surface area contributed by atoms with Crippen molar-refractivity contribution in [2.75, 3.05) is 0 Å². The molecule has 2 N–H and O–H groups in total. The Bertz CT molecular complexity index is 529. The fourth-order valence-corrected chi connectivity index (χ4v) is 1.33. The van der Waals surface area contributed by atoms with Gasteiger partial charge in [-0.25, -0.2) is 8.78 Å². The molecule has 0 saturated heterocycles. The highest BCUT2D eigenvalue weighted by Gasteiger charge is 2.19. The zero-order valence-electron chi connectivity index (χ0n) is 7.88. The molecule has 0 bridgehead atoms. The van der Waals surface area contributed by atoms with E-state index < -0.39 is 17.2 Å². The van der Waals surface area contributed by atoms with Gasteiger partial charge in [-0.1, -0.05) is 16.8 Å². The van der Waals surface area contributed by atoms with Crippen LogP contribution in [0.5, 0.6) is 0 Å². The minimum atomic E-state index is -0.925. The molecule has 0 unspecified atom stereocenters. The SMILES string of the molecule is NCc1nc(-c2c(F)ccc(Cl)c2F)no1. The Morgan fingerprint density at radius 1 is 1.38 bits per heavy atom. The van der Waals surface area contributed by atoms with Crippen molar-refractivity contribution in [3.05, 3.63) is 34.7 Å². The summed E-state index contributed by atoms with van der Waals surface area (Å²) in [5, 5.41) is 3.20. The first-order valence-electron chi connectivity index (χ1n) is 4.30. The summed E-state index contributed by atoms with van der Waals surface area (Å²) in [4.78, 5) is 3.72. The third-order valence-electron chi connectivity index (χ3n) is 1.91. The van der Waals surface area contributed by atoms with E-state index in [1.807, 2.05) is 0 Å². The molecule has 0 spiro atoms. The third-order valence-corrected chi connectivity index (χ3v) is 2.20. The van der Waals surface area contributed by atoms with Gasteiger partial charge in [-0.2, -0.15) is 4.98 Å². The van der Waals surface area contributed by atoms with Crippen LogP contribution in [-0.2, 0) is 6.54 Å². The van der Waals surface area contributed by atoms with Crippen LogP contribution >= 0.6 is 11.6 Å². The Morgan fingerprint density at radius 3 is 2.75 bits per heavy atom. The summed E-state index contributed by atoms with van der Waals surface area (Å²) in [6.45, 7) is -0.00317. The first kappa shape index (κ1) is 11.0. The molecule has 2 rings (SSSR count). The molecule has 16 heavy (non-hydrogen) atoms. The minimum Gasteiger partial charge on any atom is -0.338 e. The normalized spacial score (nSPS) is 10.8. The van der Waals surface area contributed by atoms with E-state index in [0.29, 0.717) is 0 Å². The highest BCUT2D eigenvalue weighted by molar-refractivity contribution is 6.31. The van der Waals surface area contributed by atoms with Crippen molar-refractivity contribution >= 4 is 11.6 Å². The van der Waals surface area contributed by atoms with Gasteiger partial charge in [0.2, 0.25) is 11.7 Å². The predicted octanol–water partition coefficient (Wildman–Crippen LogP) is 2.13. The zero-order chi connectivity index (χ0) is 11.7. The Kier molecular flexibility index (Phi) is 2.84. The quantitative estimate of drug-likeness (QED) is 0.823. The van der Waals surface area contributed by atoms with Gasteiger partial charge in [0, 0.05) is 0 Å². The second-order valence-corrected chi connectivity index (χ2v) is 3.34. The van der Waals surface area contributed by atoms with Gasteiger partial charge in [-0.3, -0.25) is 0 Å². The molecule has 0 saturated carbocycles. The van der Waals surface area contributed by atoms with E-state index in [1.165, 1.54) is 0 Å². The summed E-state index contributed by atoms with van der Waals surface area (Å²) >= 11 is 5.52. The molecular formula is C9H6ClF2N3O. The molecule has 0 radical (unpaired) electrons. The van der Waals surface area contributed by atoms with Crippen LogP contribution in [0, 0.1) is 11.6 Å². The Hall–Kier alpha value is -1.53. The van der Waals surface area contributed by atoms with Crippen LogP contribution in [0.3, 0.4) is 0 Å². The van der Waals surface area contributed by atoms with Crippen LogP contribution in [0.25, 0.3) is 11.4 Å². The highest BCUT2D eigenvalue weighted by Crippen LogP contribution is 2.28. The summed E-state index contributed by atoms with van der Waals surface area (Å²) in [6, 6.07) is 2.14. The van der Waals surface area contributed by atoms with Gasteiger partial charge in [0.1, 0.15) is 5.82 Å². The van der Waals surface area contributed by atoms with Crippen LogP contribution in [0.4, 0.5) is 8.78 Å². The molecule has 0 aliphatic carbocycles. The Morgan fingerprint density at radius 2 is 2.12 bits per heavy atom. The number of hydrogen-bond donors (Lipinski definition) is 1.